The Morgan fingerprint density at radius 1 is 1.08 bits per heavy atom. The highest BCUT2D eigenvalue weighted by atomic mass is 32.2. The number of aliphatic carboxylic acids is 1. The minimum atomic E-state index is -0.957. The van der Waals surface area contributed by atoms with Gasteiger partial charge in [0.2, 0.25) is 0 Å². The van der Waals surface area contributed by atoms with Gasteiger partial charge in [-0.2, -0.15) is 0 Å². The molecule has 0 heterocycles. The average Bonchev–Trinajstić information content (AvgIpc) is 2.63. The van der Waals surface area contributed by atoms with Gasteiger partial charge < -0.3 is 10.8 Å². The van der Waals surface area contributed by atoms with Gasteiger partial charge in [0.15, 0.2) is 0 Å². The van der Waals surface area contributed by atoms with Gasteiger partial charge in [-0.25, -0.2) is 0 Å². The van der Waals surface area contributed by atoms with Crippen molar-refractivity contribution in [2.45, 2.75) is 31.1 Å². The van der Waals surface area contributed by atoms with E-state index in [0.717, 1.165) is 6.42 Å². The van der Waals surface area contributed by atoms with E-state index >= 15 is 0 Å². The monoisotopic (exact) mass is 343 g/mol. The Hall–Kier alpha value is -1.78. The maximum absolute atomic E-state index is 11.2. The molecule has 0 fully saturated rings. The van der Waals surface area contributed by atoms with Gasteiger partial charge in [0.1, 0.15) is 6.04 Å². The average molecular weight is 343 g/mol. The lowest BCUT2D eigenvalue weighted by molar-refractivity contribution is -0.137. The fourth-order valence-corrected chi connectivity index (χ4v) is 4.64. The Labute approximate surface area is 148 Å². The first-order chi connectivity index (χ1) is 11.5. The summed E-state index contributed by atoms with van der Waals surface area (Å²) >= 11 is 1.64. The maximum Gasteiger partial charge on any atom is 0.321 e. The van der Waals surface area contributed by atoms with E-state index in [1.165, 1.54) is 11.1 Å². The van der Waals surface area contributed by atoms with Crippen molar-refractivity contribution < 1.29 is 9.90 Å². The SMILES string of the molecule is CCC(C)C(SC[C@H](N)C(=O)O)(c1ccccc1)c1ccccc1. The first-order valence-corrected chi connectivity index (χ1v) is 9.24. The Kier molecular flexibility index (Phi) is 6.46. The number of thioether (sulfide) groups is 1. The predicted molar refractivity (Wildman–Crippen MR) is 101 cm³/mol. The zero-order valence-corrected chi connectivity index (χ0v) is 15.0. The first-order valence-electron chi connectivity index (χ1n) is 8.25. The molecule has 128 valence electrons. The molecule has 0 amide bonds. The van der Waals surface area contributed by atoms with E-state index in [9.17, 15) is 9.90 Å². The molecular formula is C20H25NO2S. The smallest absolute Gasteiger partial charge is 0.321 e. The third-order valence-electron chi connectivity index (χ3n) is 4.52. The molecule has 0 spiro atoms. The highest BCUT2D eigenvalue weighted by Crippen LogP contribution is 2.49. The van der Waals surface area contributed by atoms with Crippen LogP contribution >= 0.6 is 11.8 Å². The van der Waals surface area contributed by atoms with Crippen molar-refractivity contribution in [3.8, 4) is 0 Å². The Morgan fingerprint density at radius 2 is 1.54 bits per heavy atom. The number of carboxylic acid groups (broad SMARTS) is 1. The maximum atomic E-state index is 11.2. The van der Waals surface area contributed by atoms with Crippen molar-refractivity contribution in [3.05, 3.63) is 71.8 Å². The lowest BCUT2D eigenvalue weighted by Gasteiger charge is -2.40. The molecule has 0 bridgehead atoms. The van der Waals surface area contributed by atoms with E-state index in [0.29, 0.717) is 11.7 Å². The van der Waals surface area contributed by atoms with Crippen molar-refractivity contribution >= 4 is 17.7 Å². The summed E-state index contributed by atoms with van der Waals surface area (Å²) in [5.74, 6) is -0.265. The van der Waals surface area contributed by atoms with Gasteiger partial charge in [0, 0.05) is 5.75 Å². The molecule has 0 aliphatic rings. The summed E-state index contributed by atoms with van der Waals surface area (Å²) in [4.78, 5) is 11.2. The molecule has 24 heavy (non-hydrogen) atoms. The van der Waals surface area contributed by atoms with Gasteiger partial charge in [0.25, 0.3) is 0 Å². The zero-order chi connectivity index (χ0) is 17.6. The minimum absolute atomic E-state index is 0.315. The number of hydrogen-bond donors (Lipinski definition) is 2. The van der Waals surface area contributed by atoms with Gasteiger partial charge >= 0.3 is 5.97 Å². The number of benzene rings is 2. The van der Waals surface area contributed by atoms with Gasteiger partial charge in [-0.05, 0) is 17.0 Å². The third-order valence-corrected chi connectivity index (χ3v) is 6.37. The molecule has 3 nitrogen and oxygen atoms in total. The number of hydrogen-bond acceptors (Lipinski definition) is 3. The minimum Gasteiger partial charge on any atom is -0.480 e. The second kappa shape index (κ2) is 8.36. The summed E-state index contributed by atoms with van der Waals surface area (Å²) in [5.41, 5.74) is 8.18. The van der Waals surface area contributed by atoms with Gasteiger partial charge in [-0.1, -0.05) is 80.9 Å². The lowest BCUT2D eigenvalue weighted by atomic mass is 9.79. The zero-order valence-electron chi connectivity index (χ0n) is 14.2. The summed E-state index contributed by atoms with van der Waals surface area (Å²) in [6.07, 6.45) is 0.985. The van der Waals surface area contributed by atoms with E-state index in [1.807, 2.05) is 36.4 Å². The van der Waals surface area contributed by atoms with Crippen molar-refractivity contribution in [2.75, 3.05) is 5.75 Å². The molecule has 0 aliphatic heterocycles. The highest BCUT2D eigenvalue weighted by Gasteiger charge is 2.40. The van der Waals surface area contributed by atoms with Crippen LogP contribution in [-0.4, -0.2) is 22.9 Å². The summed E-state index contributed by atoms with van der Waals surface area (Å²) in [7, 11) is 0. The Morgan fingerprint density at radius 3 is 1.92 bits per heavy atom. The van der Waals surface area contributed by atoms with E-state index in [2.05, 4.69) is 38.1 Å². The Balaban J connectivity index is 2.54. The van der Waals surface area contributed by atoms with Crippen LogP contribution in [0.15, 0.2) is 60.7 Å². The standard InChI is InChI=1S/C20H25NO2S/c1-3-15(2)20(16-10-6-4-7-11-16,17-12-8-5-9-13-17)24-14-18(21)19(22)23/h4-13,15,18H,3,14,21H2,1-2H3,(H,22,23)/t15?,18-/m0/s1. The molecular weight excluding hydrogens is 318 g/mol. The van der Waals surface area contributed by atoms with E-state index in [1.54, 1.807) is 11.8 Å². The van der Waals surface area contributed by atoms with Crippen LogP contribution in [0.1, 0.15) is 31.4 Å². The molecule has 0 radical (unpaired) electrons. The topological polar surface area (TPSA) is 63.3 Å². The summed E-state index contributed by atoms with van der Waals surface area (Å²) in [5, 5.41) is 9.18. The first kappa shape index (κ1) is 18.6. The molecule has 0 saturated carbocycles. The van der Waals surface area contributed by atoms with E-state index in [-0.39, 0.29) is 4.75 Å². The summed E-state index contributed by atoms with van der Waals surface area (Å²) < 4.78 is -0.315. The molecule has 1 unspecified atom stereocenters. The number of nitrogens with two attached hydrogens (primary N) is 1. The normalized spacial score (nSPS) is 14.1. The molecule has 0 saturated heterocycles. The predicted octanol–water partition coefficient (Wildman–Crippen LogP) is 4.12. The third kappa shape index (κ3) is 3.82. The van der Waals surface area contributed by atoms with Crippen molar-refractivity contribution in [3.63, 3.8) is 0 Å². The Bertz CT molecular complexity index is 606. The quantitative estimate of drug-likeness (QED) is 0.757. The van der Waals surface area contributed by atoms with Crippen molar-refractivity contribution in [1.82, 2.24) is 0 Å². The summed E-state index contributed by atoms with van der Waals surface area (Å²) in [6.45, 7) is 4.39. The highest BCUT2D eigenvalue weighted by molar-refractivity contribution is 8.00. The van der Waals surface area contributed by atoms with Crippen LogP contribution in [0, 0.1) is 5.92 Å². The molecule has 2 aromatic rings. The molecule has 4 heteroatoms. The van der Waals surface area contributed by atoms with E-state index in [4.69, 9.17) is 5.73 Å². The van der Waals surface area contributed by atoms with Gasteiger partial charge in [0.05, 0.1) is 4.75 Å². The van der Waals surface area contributed by atoms with E-state index < -0.39 is 12.0 Å². The molecule has 0 aromatic heterocycles. The van der Waals surface area contributed by atoms with Gasteiger partial charge in [-0.15, -0.1) is 11.8 Å². The number of rotatable bonds is 8. The largest absolute Gasteiger partial charge is 0.480 e. The molecule has 2 atom stereocenters. The van der Waals surface area contributed by atoms with Crippen LogP contribution in [0.2, 0.25) is 0 Å². The van der Waals surface area contributed by atoms with Gasteiger partial charge in [-0.3, -0.25) is 4.79 Å². The number of carboxylic acids is 1. The molecule has 2 rings (SSSR count). The van der Waals surface area contributed by atoms with Crippen LogP contribution < -0.4 is 5.73 Å². The van der Waals surface area contributed by atoms with Crippen LogP contribution in [0.3, 0.4) is 0 Å². The fraction of sp³-hybridized carbons (Fsp3) is 0.350. The van der Waals surface area contributed by atoms with Crippen molar-refractivity contribution in [1.29, 1.82) is 0 Å². The van der Waals surface area contributed by atoms with Crippen LogP contribution in [0.25, 0.3) is 0 Å². The molecule has 3 N–H and O–H groups in total. The number of carbonyl (C=O) groups is 1. The lowest BCUT2D eigenvalue weighted by Crippen LogP contribution is -2.38. The fourth-order valence-electron chi connectivity index (χ4n) is 3.00. The van der Waals surface area contributed by atoms with Crippen LogP contribution in [0.5, 0.6) is 0 Å². The van der Waals surface area contributed by atoms with Crippen LogP contribution in [-0.2, 0) is 9.54 Å². The second-order valence-corrected chi connectivity index (χ2v) is 7.30. The van der Waals surface area contributed by atoms with Crippen LogP contribution in [0.4, 0.5) is 0 Å². The second-order valence-electron chi connectivity index (χ2n) is 6.03. The molecule has 2 aromatic carbocycles. The summed E-state index contributed by atoms with van der Waals surface area (Å²) in [6, 6.07) is 19.8. The van der Waals surface area contributed by atoms with Crippen molar-refractivity contribution in [2.24, 2.45) is 11.7 Å². The molecule has 0 aliphatic carbocycles.